The molecule has 0 aliphatic carbocycles. The Morgan fingerprint density at radius 1 is 1.44 bits per heavy atom. The third-order valence-electron chi connectivity index (χ3n) is 2.57. The Kier molecular flexibility index (Phi) is 3.58. The molecule has 0 fully saturated rings. The summed E-state index contributed by atoms with van der Waals surface area (Å²) in [7, 11) is 0. The van der Waals surface area contributed by atoms with Crippen LogP contribution in [0.5, 0.6) is 0 Å². The van der Waals surface area contributed by atoms with Gasteiger partial charge in [-0.2, -0.15) is 0 Å². The molecule has 0 atom stereocenters. The molecular weight excluding hydrogens is 252 g/mol. The molecule has 0 bridgehead atoms. The van der Waals surface area contributed by atoms with Crippen molar-refractivity contribution < 1.29 is 9.21 Å². The predicted molar refractivity (Wildman–Crippen MR) is 71.9 cm³/mol. The zero-order valence-corrected chi connectivity index (χ0v) is 10.6. The highest BCUT2D eigenvalue weighted by Gasteiger charge is 2.13. The molecule has 0 unspecified atom stereocenters. The molecule has 1 aromatic carbocycles. The summed E-state index contributed by atoms with van der Waals surface area (Å²) in [6.45, 7) is 1.93. The molecule has 5 heteroatoms. The van der Waals surface area contributed by atoms with Gasteiger partial charge in [0.15, 0.2) is 0 Å². The number of amides is 1. The van der Waals surface area contributed by atoms with Crippen LogP contribution in [0.15, 0.2) is 34.9 Å². The van der Waals surface area contributed by atoms with E-state index in [-0.39, 0.29) is 5.91 Å². The maximum atomic E-state index is 12.0. The van der Waals surface area contributed by atoms with Crippen molar-refractivity contribution in [1.82, 2.24) is 0 Å². The number of nitrogens with two attached hydrogens (primary N) is 1. The quantitative estimate of drug-likeness (QED) is 0.836. The number of anilines is 2. The third kappa shape index (κ3) is 2.49. The Morgan fingerprint density at radius 2 is 2.22 bits per heavy atom. The average molecular weight is 265 g/mol. The van der Waals surface area contributed by atoms with Crippen LogP contribution in [0, 0.1) is 0 Å². The summed E-state index contributed by atoms with van der Waals surface area (Å²) in [6, 6.07) is 6.60. The first kappa shape index (κ1) is 12.5. The summed E-state index contributed by atoms with van der Waals surface area (Å²) in [5.74, 6) is 0.441. The average Bonchev–Trinajstić information content (AvgIpc) is 2.82. The fraction of sp³-hybridized carbons (Fsp3) is 0.154. The van der Waals surface area contributed by atoms with Gasteiger partial charge in [0.05, 0.1) is 22.5 Å². The molecule has 1 amide bonds. The van der Waals surface area contributed by atoms with E-state index < -0.39 is 0 Å². The smallest absolute Gasteiger partial charge is 0.259 e. The SMILES string of the molecule is CCc1occc1C(=O)Nc1ccc(Cl)c(N)c1. The number of carbonyl (C=O) groups excluding carboxylic acids is 1. The highest BCUT2D eigenvalue weighted by molar-refractivity contribution is 6.33. The van der Waals surface area contributed by atoms with Gasteiger partial charge in [-0.3, -0.25) is 4.79 Å². The van der Waals surface area contributed by atoms with E-state index in [2.05, 4.69) is 5.32 Å². The molecule has 2 rings (SSSR count). The first-order valence-corrected chi connectivity index (χ1v) is 5.92. The number of hydrogen-bond acceptors (Lipinski definition) is 3. The molecule has 1 heterocycles. The van der Waals surface area contributed by atoms with Crippen molar-refractivity contribution >= 4 is 28.9 Å². The Labute approximate surface area is 110 Å². The molecular formula is C13H13ClN2O2. The number of rotatable bonds is 3. The Bertz CT molecular complexity index is 578. The summed E-state index contributed by atoms with van der Waals surface area (Å²) in [5.41, 5.74) is 7.23. The molecule has 0 saturated heterocycles. The number of aryl methyl sites for hydroxylation is 1. The van der Waals surface area contributed by atoms with Crippen molar-refractivity contribution in [3.8, 4) is 0 Å². The Morgan fingerprint density at radius 3 is 2.89 bits per heavy atom. The second-order valence-electron chi connectivity index (χ2n) is 3.80. The topological polar surface area (TPSA) is 68.3 Å². The van der Waals surface area contributed by atoms with Gasteiger partial charge in [0.1, 0.15) is 5.76 Å². The number of benzene rings is 1. The van der Waals surface area contributed by atoms with Gasteiger partial charge >= 0.3 is 0 Å². The van der Waals surface area contributed by atoms with Crippen LogP contribution in [0.2, 0.25) is 5.02 Å². The molecule has 0 aliphatic rings. The number of furan rings is 1. The largest absolute Gasteiger partial charge is 0.469 e. The normalized spacial score (nSPS) is 10.3. The van der Waals surface area contributed by atoms with Gasteiger partial charge in [-0.15, -0.1) is 0 Å². The van der Waals surface area contributed by atoms with Crippen LogP contribution in [0.1, 0.15) is 23.0 Å². The lowest BCUT2D eigenvalue weighted by molar-refractivity contribution is 0.102. The monoisotopic (exact) mass is 264 g/mol. The Balaban J connectivity index is 2.19. The van der Waals surface area contributed by atoms with Crippen LogP contribution < -0.4 is 11.1 Å². The van der Waals surface area contributed by atoms with Crippen LogP contribution in [0.25, 0.3) is 0 Å². The van der Waals surface area contributed by atoms with Gasteiger partial charge < -0.3 is 15.5 Å². The van der Waals surface area contributed by atoms with Crippen molar-refractivity contribution in [2.75, 3.05) is 11.1 Å². The van der Waals surface area contributed by atoms with Crippen LogP contribution in [-0.4, -0.2) is 5.91 Å². The number of nitrogens with one attached hydrogen (secondary N) is 1. The van der Waals surface area contributed by atoms with Gasteiger partial charge in [0.25, 0.3) is 5.91 Å². The number of hydrogen-bond donors (Lipinski definition) is 2. The van der Waals surface area contributed by atoms with Crippen LogP contribution in [0.3, 0.4) is 0 Å². The predicted octanol–water partition coefficient (Wildman–Crippen LogP) is 3.33. The van der Waals surface area contributed by atoms with Crippen molar-refractivity contribution in [1.29, 1.82) is 0 Å². The molecule has 4 nitrogen and oxygen atoms in total. The molecule has 0 aliphatic heterocycles. The second-order valence-corrected chi connectivity index (χ2v) is 4.21. The maximum Gasteiger partial charge on any atom is 0.259 e. The molecule has 0 spiro atoms. The van der Waals surface area contributed by atoms with E-state index in [1.54, 1.807) is 24.3 Å². The first-order chi connectivity index (χ1) is 8.61. The minimum Gasteiger partial charge on any atom is -0.469 e. The molecule has 0 radical (unpaired) electrons. The van der Waals surface area contributed by atoms with Gasteiger partial charge in [0.2, 0.25) is 0 Å². The van der Waals surface area contributed by atoms with Gasteiger partial charge in [0, 0.05) is 12.1 Å². The van der Waals surface area contributed by atoms with Crippen LogP contribution in [-0.2, 0) is 6.42 Å². The van der Waals surface area contributed by atoms with Gasteiger partial charge in [-0.25, -0.2) is 0 Å². The molecule has 0 saturated carbocycles. The van der Waals surface area contributed by atoms with E-state index in [0.29, 0.717) is 34.1 Å². The molecule has 3 N–H and O–H groups in total. The van der Waals surface area contributed by atoms with Gasteiger partial charge in [-0.05, 0) is 24.3 Å². The molecule has 94 valence electrons. The second kappa shape index (κ2) is 5.14. The lowest BCUT2D eigenvalue weighted by Crippen LogP contribution is -2.12. The summed E-state index contributed by atoms with van der Waals surface area (Å²) in [4.78, 5) is 12.0. The molecule has 18 heavy (non-hydrogen) atoms. The van der Waals surface area contributed by atoms with Crippen LogP contribution in [0.4, 0.5) is 11.4 Å². The standard InChI is InChI=1S/C13H13ClN2O2/c1-2-12-9(5-6-18-12)13(17)16-8-3-4-10(14)11(15)7-8/h3-7H,2,15H2,1H3,(H,16,17). The maximum absolute atomic E-state index is 12.0. The summed E-state index contributed by atoms with van der Waals surface area (Å²) in [5, 5.41) is 3.21. The Hall–Kier alpha value is -1.94. The van der Waals surface area contributed by atoms with Crippen molar-refractivity contribution in [3.63, 3.8) is 0 Å². The highest BCUT2D eigenvalue weighted by Crippen LogP contribution is 2.23. The zero-order chi connectivity index (χ0) is 13.1. The van der Waals surface area contributed by atoms with E-state index >= 15 is 0 Å². The number of halogens is 1. The summed E-state index contributed by atoms with van der Waals surface area (Å²) < 4.78 is 5.21. The molecule has 1 aromatic heterocycles. The lowest BCUT2D eigenvalue weighted by atomic mass is 10.2. The van der Waals surface area contributed by atoms with Crippen molar-refractivity contribution in [2.24, 2.45) is 0 Å². The van der Waals surface area contributed by atoms with E-state index in [9.17, 15) is 4.79 Å². The molecule has 2 aromatic rings. The van der Waals surface area contributed by atoms with Crippen molar-refractivity contribution in [2.45, 2.75) is 13.3 Å². The van der Waals surface area contributed by atoms with Crippen molar-refractivity contribution in [3.05, 3.63) is 46.9 Å². The summed E-state index contributed by atoms with van der Waals surface area (Å²) >= 11 is 5.81. The number of nitrogen functional groups attached to an aromatic ring is 1. The fourth-order valence-electron chi connectivity index (χ4n) is 1.64. The lowest BCUT2D eigenvalue weighted by Gasteiger charge is -2.06. The third-order valence-corrected chi connectivity index (χ3v) is 2.91. The number of carbonyl (C=O) groups is 1. The minimum absolute atomic E-state index is 0.220. The van der Waals surface area contributed by atoms with E-state index in [4.69, 9.17) is 21.8 Å². The minimum atomic E-state index is -0.220. The van der Waals surface area contributed by atoms with E-state index in [1.807, 2.05) is 6.92 Å². The van der Waals surface area contributed by atoms with Gasteiger partial charge in [-0.1, -0.05) is 18.5 Å². The first-order valence-electron chi connectivity index (χ1n) is 5.54. The fourth-order valence-corrected chi connectivity index (χ4v) is 1.75. The van der Waals surface area contributed by atoms with Crippen LogP contribution >= 0.6 is 11.6 Å². The highest BCUT2D eigenvalue weighted by atomic mass is 35.5. The summed E-state index contributed by atoms with van der Waals surface area (Å²) in [6.07, 6.45) is 2.17. The van der Waals surface area contributed by atoms with E-state index in [1.165, 1.54) is 6.26 Å². The zero-order valence-electron chi connectivity index (χ0n) is 9.87. The van der Waals surface area contributed by atoms with E-state index in [0.717, 1.165) is 0 Å².